The Morgan fingerprint density at radius 1 is 1.16 bits per heavy atom. The SMILES string of the molecule is Nc1ncnc2c1ncn2[C@@H]1CC[C@@H](N)[C@@H](O)[C@@H]1O. The van der Waals surface area contributed by atoms with Gasteiger partial charge in [0, 0.05) is 6.04 Å². The molecule has 0 spiro atoms. The van der Waals surface area contributed by atoms with Gasteiger partial charge in [0.25, 0.3) is 0 Å². The molecule has 0 aliphatic heterocycles. The van der Waals surface area contributed by atoms with Gasteiger partial charge in [0.1, 0.15) is 17.9 Å². The van der Waals surface area contributed by atoms with Crippen molar-refractivity contribution < 1.29 is 10.2 Å². The Labute approximate surface area is 109 Å². The zero-order valence-corrected chi connectivity index (χ0v) is 10.2. The molecule has 0 saturated heterocycles. The van der Waals surface area contributed by atoms with E-state index in [0.717, 1.165) is 0 Å². The van der Waals surface area contributed by atoms with E-state index in [1.54, 1.807) is 10.9 Å². The molecule has 0 aromatic carbocycles. The summed E-state index contributed by atoms with van der Waals surface area (Å²) in [5.41, 5.74) is 12.5. The van der Waals surface area contributed by atoms with Gasteiger partial charge in [-0.15, -0.1) is 0 Å². The van der Waals surface area contributed by atoms with Crippen molar-refractivity contribution in [2.45, 2.75) is 37.1 Å². The zero-order valence-electron chi connectivity index (χ0n) is 10.2. The summed E-state index contributed by atoms with van der Waals surface area (Å²) in [6.07, 6.45) is 2.30. The second kappa shape index (κ2) is 4.41. The highest BCUT2D eigenvalue weighted by Crippen LogP contribution is 2.31. The van der Waals surface area contributed by atoms with E-state index in [4.69, 9.17) is 11.5 Å². The first-order valence-corrected chi connectivity index (χ1v) is 6.14. The van der Waals surface area contributed by atoms with E-state index < -0.39 is 18.2 Å². The molecule has 2 heterocycles. The third-order valence-electron chi connectivity index (χ3n) is 3.72. The van der Waals surface area contributed by atoms with Crippen LogP contribution in [-0.4, -0.2) is 48.0 Å². The summed E-state index contributed by atoms with van der Waals surface area (Å²) >= 11 is 0. The van der Waals surface area contributed by atoms with Crippen LogP contribution in [-0.2, 0) is 0 Å². The predicted molar refractivity (Wildman–Crippen MR) is 68.0 cm³/mol. The second-order valence-electron chi connectivity index (χ2n) is 4.87. The topological polar surface area (TPSA) is 136 Å². The normalized spacial score (nSPS) is 31.7. The number of anilines is 1. The maximum absolute atomic E-state index is 10.2. The molecule has 0 bridgehead atoms. The van der Waals surface area contributed by atoms with Crippen LogP contribution in [0.5, 0.6) is 0 Å². The van der Waals surface area contributed by atoms with Crippen LogP contribution in [0.25, 0.3) is 11.2 Å². The summed E-state index contributed by atoms with van der Waals surface area (Å²) in [5.74, 6) is 0.297. The van der Waals surface area contributed by atoms with Crippen LogP contribution in [0, 0.1) is 0 Å². The smallest absolute Gasteiger partial charge is 0.165 e. The summed E-state index contributed by atoms with van der Waals surface area (Å²) < 4.78 is 1.73. The van der Waals surface area contributed by atoms with Crippen molar-refractivity contribution in [3.63, 3.8) is 0 Å². The van der Waals surface area contributed by atoms with E-state index in [0.29, 0.717) is 29.8 Å². The van der Waals surface area contributed by atoms with Crippen molar-refractivity contribution in [2.24, 2.45) is 5.73 Å². The second-order valence-corrected chi connectivity index (χ2v) is 4.87. The van der Waals surface area contributed by atoms with E-state index in [2.05, 4.69) is 15.0 Å². The molecule has 0 amide bonds. The molecule has 6 N–H and O–H groups in total. The third kappa shape index (κ3) is 1.84. The van der Waals surface area contributed by atoms with E-state index in [1.807, 2.05) is 0 Å². The fraction of sp³-hybridized carbons (Fsp3) is 0.545. The Balaban J connectivity index is 2.03. The van der Waals surface area contributed by atoms with E-state index >= 15 is 0 Å². The van der Waals surface area contributed by atoms with Crippen LogP contribution in [0.15, 0.2) is 12.7 Å². The molecular weight excluding hydrogens is 248 g/mol. The number of nitrogen functional groups attached to an aromatic ring is 1. The lowest BCUT2D eigenvalue weighted by atomic mass is 9.86. The highest BCUT2D eigenvalue weighted by molar-refractivity contribution is 5.81. The minimum atomic E-state index is -0.949. The third-order valence-corrected chi connectivity index (χ3v) is 3.72. The van der Waals surface area contributed by atoms with Crippen molar-refractivity contribution in [1.29, 1.82) is 0 Å². The summed E-state index contributed by atoms with van der Waals surface area (Å²) in [6, 6.07) is -0.713. The van der Waals surface area contributed by atoms with E-state index in [-0.39, 0.29) is 6.04 Å². The monoisotopic (exact) mass is 264 g/mol. The van der Waals surface area contributed by atoms with Gasteiger partial charge in [-0.05, 0) is 12.8 Å². The first-order chi connectivity index (χ1) is 9.09. The Hall–Kier alpha value is -1.77. The molecule has 2 aromatic rings. The molecule has 3 rings (SSSR count). The minimum absolute atomic E-state index is 0.297. The number of rotatable bonds is 1. The van der Waals surface area contributed by atoms with Gasteiger partial charge in [0.15, 0.2) is 11.5 Å². The van der Waals surface area contributed by atoms with Crippen molar-refractivity contribution >= 4 is 17.0 Å². The molecule has 1 saturated carbocycles. The summed E-state index contributed by atoms with van der Waals surface area (Å²) in [6.45, 7) is 0. The molecule has 1 aliphatic carbocycles. The Morgan fingerprint density at radius 3 is 2.74 bits per heavy atom. The molecule has 8 heteroatoms. The Kier molecular flexibility index (Phi) is 2.85. The highest BCUT2D eigenvalue weighted by Gasteiger charge is 2.37. The highest BCUT2D eigenvalue weighted by atomic mass is 16.3. The quantitative estimate of drug-likeness (QED) is 0.507. The molecule has 1 fully saturated rings. The average molecular weight is 264 g/mol. The predicted octanol–water partition coefficient (Wildman–Crippen LogP) is -1.21. The molecule has 1 aliphatic rings. The average Bonchev–Trinajstić information content (AvgIpc) is 2.82. The molecule has 0 unspecified atom stereocenters. The molecule has 8 nitrogen and oxygen atoms in total. The van der Waals surface area contributed by atoms with Gasteiger partial charge >= 0.3 is 0 Å². The number of imidazole rings is 1. The number of aliphatic hydroxyl groups is 2. The number of nitrogens with zero attached hydrogens (tertiary/aromatic N) is 4. The standard InChI is InChI=1S/C11H16N6O2/c12-5-1-2-6(9(19)8(5)18)17-4-16-7-10(13)14-3-15-11(7)17/h3-6,8-9,18-19H,1-2,12H2,(H2,13,14,15)/t5-,6-,8-,9-/m1/s1. The van der Waals surface area contributed by atoms with Gasteiger partial charge in [-0.2, -0.15) is 0 Å². The van der Waals surface area contributed by atoms with E-state index in [1.165, 1.54) is 6.33 Å². The summed E-state index contributed by atoms with van der Waals surface area (Å²) in [7, 11) is 0. The number of aliphatic hydroxyl groups excluding tert-OH is 2. The number of aromatic nitrogens is 4. The van der Waals surface area contributed by atoms with Gasteiger partial charge in [-0.3, -0.25) is 0 Å². The zero-order chi connectivity index (χ0) is 13.6. The van der Waals surface area contributed by atoms with Crippen molar-refractivity contribution in [3.8, 4) is 0 Å². The number of fused-ring (bicyclic) bond motifs is 1. The lowest BCUT2D eigenvalue weighted by Crippen LogP contribution is -2.50. The molecule has 0 radical (unpaired) electrons. The van der Waals surface area contributed by atoms with Gasteiger partial charge in [-0.1, -0.05) is 0 Å². The lowest BCUT2D eigenvalue weighted by Gasteiger charge is -2.36. The first kappa shape index (κ1) is 12.3. The fourth-order valence-corrected chi connectivity index (χ4v) is 2.60. The number of nitrogens with two attached hydrogens (primary N) is 2. The van der Waals surface area contributed by atoms with Crippen LogP contribution in [0.4, 0.5) is 5.82 Å². The number of hydrogen-bond acceptors (Lipinski definition) is 7. The van der Waals surface area contributed by atoms with Gasteiger partial charge in [-0.25, -0.2) is 15.0 Å². The van der Waals surface area contributed by atoms with Crippen LogP contribution in [0.2, 0.25) is 0 Å². The molecule has 102 valence electrons. The van der Waals surface area contributed by atoms with E-state index in [9.17, 15) is 10.2 Å². The molecule has 4 atom stereocenters. The van der Waals surface area contributed by atoms with Gasteiger partial charge in [0.05, 0.1) is 18.5 Å². The maximum atomic E-state index is 10.2. The van der Waals surface area contributed by atoms with Crippen LogP contribution in [0.1, 0.15) is 18.9 Å². The molecule has 19 heavy (non-hydrogen) atoms. The Bertz CT molecular complexity index is 600. The van der Waals surface area contributed by atoms with Crippen LogP contribution in [0.3, 0.4) is 0 Å². The minimum Gasteiger partial charge on any atom is -0.389 e. The number of hydrogen-bond donors (Lipinski definition) is 4. The molecular formula is C11H16N6O2. The van der Waals surface area contributed by atoms with Crippen molar-refractivity contribution in [2.75, 3.05) is 5.73 Å². The maximum Gasteiger partial charge on any atom is 0.165 e. The summed E-state index contributed by atoms with van der Waals surface area (Å²) in [4.78, 5) is 12.2. The largest absolute Gasteiger partial charge is 0.389 e. The van der Waals surface area contributed by atoms with Crippen LogP contribution >= 0.6 is 0 Å². The van der Waals surface area contributed by atoms with Crippen LogP contribution < -0.4 is 11.5 Å². The molecule has 2 aromatic heterocycles. The first-order valence-electron chi connectivity index (χ1n) is 6.14. The summed E-state index contributed by atoms with van der Waals surface area (Å²) in [5, 5.41) is 20.0. The van der Waals surface area contributed by atoms with Crippen molar-refractivity contribution in [3.05, 3.63) is 12.7 Å². The Morgan fingerprint density at radius 2 is 1.95 bits per heavy atom. The van der Waals surface area contributed by atoms with Gasteiger partial charge in [0.2, 0.25) is 0 Å². The van der Waals surface area contributed by atoms with Gasteiger partial charge < -0.3 is 26.2 Å². The van der Waals surface area contributed by atoms with Crippen molar-refractivity contribution in [1.82, 2.24) is 19.5 Å². The fourth-order valence-electron chi connectivity index (χ4n) is 2.60. The lowest BCUT2D eigenvalue weighted by molar-refractivity contribution is -0.0493.